The number of halogens is 2. The molecule has 2 aromatic rings. The van der Waals surface area contributed by atoms with Crippen LogP contribution in [0.3, 0.4) is 0 Å². The standard InChI is InChI=1S/C13H9BrFN3/c14-9-2-1-3-10(15)13(9)18-12-5-4-8(7-16)6-11(12)17/h1-6,18H,17H2. The number of benzene rings is 2. The van der Waals surface area contributed by atoms with E-state index in [0.29, 0.717) is 27.1 Å². The van der Waals surface area contributed by atoms with Crippen molar-refractivity contribution in [3.8, 4) is 6.07 Å². The molecule has 0 aliphatic carbocycles. The molecule has 2 rings (SSSR count). The van der Waals surface area contributed by atoms with Gasteiger partial charge in [-0.2, -0.15) is 5.26 Å². The minimum atomic E-state index is -0.381. The van der Waals surface area contributed by atoms with Gasteiger partial charge in [-0.15, -0.1) is 0 Å². The number of nitrogens with one attached hydrogen (secondary N) is 1. The Morgan fingerprint density at radius 1 is 1.28 bits per heavy atom. The van der Waals surface area contributed by atoms with Crippen LogP contribution in [-0.2, 0) is 0 Å². The first-order valence-electron chi connectivity index (χ1n) is 5.12. The molecule has 0 fully saturated rings. The van der Waals surface area contributed by atoms with Gasteiger partial charge in [0.1, 0.15) is 5.82 Å². The molecule has 18 heavy (non-hydrogen) atoms. The second kappa shape index (κ2) is 5.07. The van der Waals surface area contributed by atoms with Crippen LogP contribution in [0.5, 0.6) is 0 Å². The van der Waals surface area contributed by atoms with E-state index in [2.05, 4.69) is 21.2 Å². The maximum absolute atomic E-state index is 13.6. The Morgan fingerprint density at radius 3 is 2.67 bits per heavy atom. The van der Waals surface area contributed by atoms with Crippen molar-refractivity contribution in [2.24, 2.45) is 0 Å². The molecule has 5 heteroatoms. The lowest BCUT2D eigenvalue weighted by Crippen LogP contribution is -1.99. The lowest BCUT2D eigenvalue weighted by atomic mass is 10.2. The summed E-state index contributed by atoms with van der Waals surface area (Å²) in [5, 5.41) is 11.6. The van der Waals surface area contributed by atoms with Crippen LogP contribution in [-0.4, -0.2) is 0 Å². The fraction of sp³-hybridized carbons (Fsp3) is 0. The highest BCUT2D eigenvalue weighted by Crippen LogP contribution is 2.31. The number of hydrogen-bond acceptors (Lipinski definition) is 3. The SMILES string of the molecule is N#Cc1ccc(Nc2c(F)cccc2Br)c(N)c1. The van der Waals surface area contributed by atoms with E-state index in [1.807, 2.05) is 6.07 Å². The molecule has 0 bridgehead atoms. The first kappa shape index (κ1) is 12.4. The van der Waals surface area contributed by atoms with Gasteiger partial charge in [0, 0.05) is 4.47 Å². The summed E-state index contributed by atoms with van der Waals surface area (Å²) in [6, 6.07) is 11.5. The average molecular weight is 306 g/mol. The summed E-state index contributed by atoms with van der Waals surface area (Å²) in [4.78, 5) is 0. The van der Waals surface area contributed by atoms with Gasteiger partial charge in [0.2, 0.25) is 0 Å². The molecule has 0 spiro atoms. The molecule has 0 aromatic heterocycles. The Balaban J connectivity index is 2.38. The molecule has 0 unspecified atom stereocenters. The van der Waals surface area contributed by atoms with Gasteiger partial charge in [-0.1, -0.05) is 6.07 Å². The van der Waals surface area contributed by atoms with Crippen LogP contribution in [0.25, 0.3) is 0 Å². The fourth-order valence-corrected chi connectivity index (χ4v) is 1.94. The van der Waals surface area contributed by atoms with Gasteiger partial charge in [-0.25, -0.2) is 4.39 Å². The Labute approximate surface area is 112 Å². The second-order valence-electron chi connectivity index (χ2n) is 3.64. The van der Waals surface area contributed by atoms with Gasteiger partial charge < -0.3 is 11.1 Å². The Morgan fingerprint density at radius 2 is 2.06 bits per heavy atom. The molecule has 0 aliphatic rings. The zero-order valence-corrected chi connectivity index (χ0v) is 10.8. The molecule has 2 aromatic carbocycles. The highest BCUT2D eigenvalue weighted by Gasteiger charge is 2.08. The van der Waals surface area contributed by atoms with Crippen molar-refractivity contribution in [1.82, 2.24) is 0 Å². The summed E-state index contributed by atoms with van der Waals surface area (Å²) >= 11 is 3.26. The first-order valence-corrected chi connectivity index (χ1v) is 5.92. The number of hydrogen-bond donors (Lipinski definition) is 2. The van der Waals surface area contributed by atoms with E-state index >= 15 is 0 Å². The molecule has 90 valence electrons. The van der Waals surface area contributed by atoms with Crippen LogP contribution in [0.1, 0.15) is 5.56 Å². The smallest absolute Gasteiger partial charge is 0.147 e. The summed E-state index contributed by atoms with van der Waals surface area (Å²) in [5.74, 6) is -0.381. The van der Waals surface area contributed by atoms with Crippen molar-refractivity contribution in [2.75, 3.05) is 11.1 Å². The lowest BCUT2D eigenvalue weighted by molar-refractivity contribution is 0.631. The molecule has 3 N–H and O–H groups in total. The van der Waals surface area contributed by atoms with E-state index in [-0.39, 0.29) is 5.82 Å². The predicted molar refractivity (Wildman–Crippen MR) is 73.0 cm³/mol. The van der Waals surface area contributed by atoms with Crippen LogP contribution in [0, 0.1) is 17.1 Å². The third-order valence-electron chi connectivity index (χ3n) is 2.40. The predicted octanol–water partition coefficient (Wildman–Crippen LogP) is 3.79. The number of nitrogen functional groups attached to an aromatic ring is 1. The number of rotatable bonds is 2. The molecule has 0 aliphatic heterocycles. The van der Waals surface area contributed by atoms with E-state index in [4.69, 9.17) is 11.0 Å². The Bertz CT molecular complexity index is 614. The summed E-state index contributed by atoms with van der Waals surface area (Å²) < 4.78 is 14.2. The van der Waals surface area contributed by atoms with E-state index in [9.17, 15) is 4.39 Å². The summed E-state index contributed by atoms with van der Waals surface area (Å²) in [5.41, 5.74) is 7.52. The highest BCUT2D eigenvalue weighted by molar-refractivity contribution is 9.10. The lowest BCUT2D eigenvalue weighted by Gasteiger charge is -2.11. The second-order valence-corrected chi connectivity index (χ2v) is 4.49. The van der Waals surface area contributed by atoms with Crippen LogP contribution in [0.4, 0.5) is 21.5 Å². The third-order valence-corrected chi connectivity index (χ3v) is 3.06. The number of nitriles is 1. The molecule has 0 heterocycles. The minimum Gasteiger partial charge on any atom is -0.397 e. The number of anilines is 3. The van der Waals surface area contributed by atoms with Crippen molar-refractivity contribution >= 4 is 33.0 Å². The van der Waals surface area contributed by atoms with Crippen LogP contribution < -0.4 is 11.1 Å². The minimum absolute atomic E-state index is 0.314. The number of nitrogens with zero attached hydrogens (tertiary/aromatic N) is 1. The van der Waals surface area contributed by atoms with Crippen LogP contribution >= 0.6 is 15.9 Å². The van der Waals surface area contributed by atoms with Crippen molar-refractivity contribution in [3.63, 3.8) is 0 Å². The zero-order valence-electron chi connectivity index (χ0n) is 9.24. The van der Waals surface area contributed by atoms with Gasteiger partial charge >= 0.3 is 0 Å². The average Bonchev–Trinajstić information content (AvgIpc) is 2.35. The van der Waals surface area contributed by atoms with Gasteiger partial charge in [-0.3, -0.25) is 0 Å². The largest absolute Gasteiger partial charge is 0.397 e. The number of para-hydroxylation sites is 1. The molecule has 0 amide bonds. The van der Waals surface area contributed by atoms with Crippen molar-refractivity contribution < 1.29 is 4.39 Å². The number of nitrogens with two attached hydrogens (primary N) is 1. The molecule has 3 nitrogen and oxygen atoms in total. The Hall–Kier alpha value is -2.06. The van der Waals surface area contributed by atoms with E-state index in [1.54, 1.807) is 24.3 Å². The van der Waals surface area contributed by atoms with E-state index < -0.39 is 0 Å². The quantitative estimate of drug-likeness (QED) is 0.830. The van der Waals surface area contributed by atoms with Crippen molar-refractivity contribution in [2.45, 2.75) is 0 Å². The Kier molecular flexibility index (Phi) is 3.49. The van der Waals surface area contributed by atoms with Crippen LogP contribution in [0.2, 0.25) is 0 Å². The van der Waals surface area contributed by atoms with Crippen molar-refractivity contribution in [1.29, 1.82) is 5.26 Å². The summed E-state index contributed by atoms with van der Waals surface area (Å²) in [6.45, 7) is 0. The maximum atomic E-state index is 13.6. The third kappa shape index (κ3) is 2.44. The normalized spacial score (nSPS) is 9.83. The maximum Gasteiger partial charge on any atom is 0.147 e. The fourth-order valence-electron chi connectivity index (χ4n) is 1.50. The zero-order chi connectivity index (χ0) is 13.1. The van der Waals surface area contributed by atoms with Gasteiger partial charge in [0.05, 0.1) is 28.7 Å². The topological polar surface area (TPSA) is 61.8 Å². The first-order chi connectivity index (χ1) is 8.61. The molecule has 0 saturated heterocycles. The molecule has 0 atom stereocenters. The molecule has 0 radical (unpaired) electrons. The molecule has 0 saturated carbocycles. The van der Waals surface area contributed by atoms with E-state index in [0.717, 1.165) is 0 Å². The summed E-state index contributed by atoms with van der Waals surface area (Å²) in [7, 11) is 0. The van der Waals surface area contributed by atoms with Crippen molar-refractivity contribution in [3.05, 3.63) is 52.3 Å². The van der Waals surface area contributed by atoms with Gasteiger partial charge in [-0.05, 0) is 46.3 Å². The van der Waals surface area contributed by atoms with Gasteiger partial charge in [0.15, 0.2) is 0 Å². The summed E-state index contributed by atoms with van der Waals surface area (Å²) in [6.07, 6.45) is 0. The van der Waals surface area contributed by atoms with E-state index in [1.165, 1.54) is 12.1 Å². The monoisotopic (exact) mass is 305 g/mol. The molecular weight excluding hydrogens is 297 g/mol. The van der Waals surface area contributed by atoms with Crippen LogP contribution in [0.15, 0.2) is 40.9 Å². The van der Waals surface area contributed by atoms with Gasteiger partial charge in [0.25, 0.3) is 0 Å². The molecular formula is C13H9BrFN3. The highest BCUT2D eigenvalue weighted by atomic mass is 79.9.